The molecule has 1 N–H and O–H groups in total. The van der Waals surface area contributed by atoms with E-state index in [1.165, 1.54) is 0 Å². The van der Waals surface area contributed by atoms with Crippen LogP contribution in [0.3, 0.4) is 0 Å². The van der Waals surface area contributed by atoms with Gasteiger partial charge in [0.05, 0.1) is 10.6 Å². The smallest absolute Gasteiger partial charge is 0.337 e. The van der Waals surface area contributed by atoms with E-state index in [9.17, 15) is 4.79 Å². The molecule has 1 atom stereocenters. The van der Waals surface area contributed by atoms with Crippen LogP contribution in [0.2, 0.25) is 5.02 Å². The highest BCUT2D eigenvalue weighted by Crippen LogP contribution is 2.24. The van der Waals surface area contributed by atoms with Gasteiger partial charge in [-0.05, 0) is 31.5 Å². The molecule has 0 saturated carbocycles. The fraction of sp³-hybridized carbons (Fsp3) is 0.417. The molecule has 0 saturated heterocycles. The molecule has 0 fully saturated rings. The molecule has 3 nitrogen and oxygen atoms in total. The van der Waals surface area contributed by atoms with Gasteiger partial charge in [-0.25, -0.2) is 4.79 Å². The van der Waals surface area contributed by atoms with Crippen LogP contribution in [0, 0.1) is 0 Å². The van der Waals surface area contributed by atoms with Gasteiger partial charge in [0.15, 0.2) is 0 Å². The number of anilines is 1. The largest absolute Gasteiger partial charge is 0.478 e. The molecule has 1 aromatic carbocycles. The first-order chi connectivity index (χ1) is 7.47. The van der Waals surface area contributed by atoms with Crippen LogP contribution >= 0.6 is 11.6 Å². The molecule has 0 aliphatic heterocycles. The lowest BCUT2D eigenvalue weighted by Gasteiger charge is -2.26. The summed E-state index contributed by atoms with van der Waals surface area (Å²) in [5.41, 5.74) is 1.08. The Morgan fingerprint density at radius 3 is 2.62 bits per heavy atom. The number of halogens is 1. The van der Waals surface area contributed by atoms with Crippen molar-refractivity contribution in [2.24, 2.45) is 0 Å². The maximum absolute atomic E-state index is 10.8. The second-order valence-electron chi connectivity index (χ2n) is 3.84. The molecule has 0 amide bonds. The van der Waals surface area contributed by atoms with Gasteiger partial charge in [-0.3, -0.25) is 0 Å². The van der Waals surface area contributed by atoms with Crippen molar-refractivity contribution in [3.63, 3.8) is 0 Å². The van der Waals surface area contributed by atoms with Gasteiger partial charge in [-0.2, -0.15) is 0 Å². The van der Waals surface area contributed by atoms with Gasteiger partial charge in [0.25, 0.3) is 0 Å². The Kier molecular flexibility index (Phi) is 4.19. The van der Waals surface area contributed by atoms with Crippen molar-refractivity contribution in [2.45, 2.75) is 26.3 Å². The summed E-state index contributed by atoms with van der Waals surface area (Å²) in [6.07, 6.45) is 1.02. The van der Waals surface area contributed by atoms with Crippen LogP contribution in [0.25, 0.3) is 0 Å². The number of rotatable bonds is 4. The summed E-state index contributed by atoms with van der Waals surface area (Å²) in [5, 5.41) is 9.13. The van der Waals surface area contributed by atoms with Gasteiger partial charge in [0.2, 0.25) is 0 Å². The van der Waals surface area contributed by atoms with Gasteiger partial charge >= 0.3 is 5.97 Å². The van der Waals surface area contributed by atoms with Gasteiger partial charge in [0, 0.05) is 18.8 Å². The molecule has 0 spiro atoms. The Bertz CT molecular complexity index is 393. The minimum Gasteiger partial charge on any atom is -0.478 e. The van der Waals surface area contributed by atoms with Crippen molar-refractivity contribution >= 4 is 23.3 Å². The maximum Gasteiger partial charge on any atom is 0.337 e. The second kappa shape index (κ2) is 5.21. The normalized spacial score (nSPS) is 12.2. The first-order valence-electron chi connectivity index (χ1n) is 5.23. The summed E-state index contributed by atoms with van der Waals surface area (Å²) >= 11 is 5.91. The molecule has 0 heterocycles. The van der Waals surface area contributed by atoms with Crippen molar-refractivity contribution in [2.75, 3.05) is 11.9 Å². The zero-order valence-electron chi connectivity index (χ0n) is 9.70. The van der Waals surface area contributed by atoms with Gasteiger partial charge in [-0.15, -0.1) is 0 Å². The maximum atomic E-state index is 10.8. The van der Waals surface area contributed by atoms with Crippen LogP contribution in [0.5, 0.6) is 0 Å². The number of aromatic carboxylic acids is 1. The van der Waals surface area contributed by atoms with E-state index in [0.29, 0.717) is 6.04 Å². The Morgan fingerprint density at radius 2 is 2.19 bits per heavy atom. The minimum atomic E-state index is -0.997. The minimum absolute atomic E-state index is 0.142. The van der Waals surface area contributed by atoms with Gasteiger partial charge in [-0.1, -0.05) is 18.5 Å². The molecule has 0 aliphatic carbocycles. The lowest BCUT2D eigenvalue weighted by Crippen LogP contribution is -2.27. The Hall–Kier alpha value is -1.22. The lowest BCUT2D eigenvalue weighted by atomic mass is 10.1. The van der Waals surface area contributed by atoms with Gasteiger partial charge < -0.3 is 10.0 Å². The number of hydrogen-bond donors (Lipinski definition) is 1. The predicted molar refractivity (Wildman–Crippen MR) is 66.6 cm³/mol. The van der Waals surface area contributed by atoms with Crippen LogP contribution in [0.1, 0.15) is 30.6 Å². The summed E-state index contributed by atoms with van der Waals surface area (Å²) in [5.74, 6) is -0.997. The van der Waals surface area contributed by atoms with Crippen molar-refractivity contribution in [1.29, 1.82) is 0 Å². The number of nitrogens with zero attached hydrogens (tertiary/aromatic N) is 1. The highest BCUT2D eigenvalue weighted by atomic mass is 35.5. The van der Waals surface area contributed by atoms with Crippen molar-refractivity contribution in [3.05, 3.63) is 28.8 Å². The molecule has 0 radical (unpaired) electrons. The molecule has 1 aromatic rings. The fourth-order valence-electron chi connectivity index (χ4n) is 1.43. The molecular weight excluding hydrogens is 226 g/mol. The molecule has 88 valence electrons. The topological polar surface area (TPSA) is 40.5 Å². The van der Waals surface area contributed by atoms with Crippen LogP contribution < -0.4 is 4.90 Å². The van der Waals surface area contributed by atoms with E-state index in [2.05, 4.69) is 18.7 Å². The summed E-state index contributed by atoms with van der Waals surface area (Å²) in [7, 11) is 1.97. The zero-order chi connectivity index (χ0) is 12.3. The Balaban J connectivity index is 3.01. The monoisotopic (exact) mass is 241 g/mol. The molecule has 0 bridgehead atoms. The number of carboxylic acids is 1. The van der Waals surface area contributed by atoms with Crippen molar-refractivity contribution in [1.82, 2.24) is 0 Å². The van der Waals surface area contributed by atoms with E-state index >= 15 is 0 Å². The third-order valence-corrected chi connectivity index (χ3v) is 3.16. The molecule has 0 aromatic heterocycles. The van der Waals surface area contributed by atoms with Gasteiger partial charge in [0.1, 0.15) is 0 Å². The zero-order valence-corrected chi connectivity index (χ0v) is 10.5. The number of benzene rings is 1. The van der Waals surface area contributed by atoms with E-state index in [0.717, 1.165) is 12.1 Å². The Morgan fingerprint density at radius 1 is 1.56 bits per heavy atom. The average Bonchev–Trinajstić information content (AvgIpc) is 2.26. The fourth-order valence-corrected chi connectivity index (χ4v) is 1.68. The van der Waals surface area contributed by atoms with E-state index in [4.69, 9.17) is 16.7 Å². The van der Waals surface area contributed by atoms with E-state index in [1.807, 2.05) is 7.05 Å². The SMILES string of the molecule is CCC(C)N(C)c1ccc(C(=O)O)c(Cl)c1. The summed E-state index contributed by atoms with van der Waals surface area (Å²) in [6.45, 7) is 4.22. The molecule has 1 unspecified atom stereocenters. The highest BCUT2D eigenvalue weighted by molar-refractivity contribution is 6.33. The molecule has 16 heavy (non-hydrogen) atoms. The molecule has 0 aliphatic rings. The van der Waals surface area contributed by atoms with E-state index in [-0.39, 0.29) is 10.6 Å². The Labute approximate surface area is 101 Å². The standard InChI is InChI=1S/C12H16ClNO2/c1-4-8(2)14(3)9-5-6-10(12(15)16)11(13)7-9/h5-8H,4H2,1-3H3,(H,15,16). The van der Waals surface area contributed by atoms with Crippen molar-refractivity contribution < 1.29 is 9.90 Å². The summed E-state index contributed by atoms with van der Waals surface area (Å²) in [4.78, 5) is 12.9. The van der Waals surface area contributed by atoms with E-state index < -0.39 is 5.97 Å². The number of carbonyl (C=O) groups is 1. The second-order valence-corrected chi connectivity index (χ2v) is 4.24. The molecular formula is C12H16ClNO2. The lowest BCUT2D eigenvalue weighted by molar-refractivity contribution is 0.0697. The first kappa shape index (κ1) is 12.8. The quantitative estimate of drug-likeness (QED) is 0.880. The average molecular weight is 242 g/mol. The van der Waals surface area contributed by atoms with Crippen LogP contribution in [-0.2, 0) is 0 Å². The van der Waals surface area contributed by atoms with Crippen LogP contribution in [-0.4, -0.2) is 24.2 Å². The third-order valence-electron chi connectivity index (χ3n) is 2.84. The van der Waals surface area contributed by atoms with Crippen LogP contribution in [0.15, 0.2) is 18.2 Å². The van der Waals surface area contributed by atoms with Crippen molar-refractivity contribution in [3.8, 4) is 0 Å². The predicted octanol–water partition coefficient (Wildman–Crippen LogP) is 3.27. The van der Waals surface area contributed by atoms with Crippen LogP contribution in [0.4, 0.5) is 5.69 Å². The summed E-state index contributed by atoms with van der Waals surface area (Å²) in [6, 6.07) is 5.41. The summed E-state index contributed by atoms with van der Waals surface area (Å²) < 4.78 is 0. The first-order valence-corrected chi connectivity index (χ1v) is 5.60. The third kappa shape index (κ3) is 2.67. The van der Waals surface area contributed by atoms with E-state index in [1.54, 1.807) is 18.2 Å². The molecule has 1 rings (SSSR count). The highest BCUT2D eigenvalue weighted by Gasteiger charge is 2.12. The number of hydrogen-bond acceptors (Lipinski definition) is 2. The number of carboxylic acid groups (broad SMARTS) is 1. The molecule has 4 heteroatoms.